The van der Waals surface area contributed by atoms with E-state index >= 15 is 0 Å². The van der Waals surface area contributed by atoms with Crippen LogP contribution < -0.4 is 0 Å². The van der Waals surface area contributed by atoms with E-state index in [1.807, 2.05) is 64.7 Å². The molecule has 1 aromatic carbocycles. The molecule has 2 saturated heterocycles. The third-order valence-corrected chi connectivity index (χ3v) is 6.74. The van der Waals surface area contributed by atoms with Crippen molar-refractivity contribution in [1.82, 2.24) is 24.5 Å². The molecule has 0 N–H and O–H groups in total. The molecule has 7 nitrogen and oxygen atoms in total. The molecule has 0 bridgehead atoms. The fourth-order valence-electron chi connectivity index (χ4n) is 4.71. The molecule has 176 valence electrons. The summed E-state index contributed by atoms with van der Waals surface area (Å²) < 4.78 is 1.92. The molecule has 7 heteroatoms. The predicted octanol–water partition coefficient (Wildman–Crippen LogP) is 3.05. The van der Waals surface area contributed by atoms with Crippen LogP contribution in [0.5, 0.6) is 0 Å². The highest BCUT2D eigenvalue weighted by Gasteiger charge is 2.24. The zero-order chi connectivity index (χ0) is 23.2. The highest BCUT2D eigenvalue weighted by molar-refractivity contribution is 5.92. The molecular weight excluding hydrogens is 414 g/mol. The minimum Gasteiger partial charge on any atom is -0.342 e. The topological polar surface area (TPSA) is 61.7 Å². The van der Waals surface area contributed by atoms with Gasteiger partial charge in [0, 0.05) is 56.6 Å². The summed E-state index contributed by atoms with van der Waals surface area (Å²) in [5.41, 5.74) is 3.90. The van der Waals surface area contributed by atoms with E-state index in [1.54, 1.807) is 6.08 Å². The smallest absolute Gasteiger partial charge is 0.246 e. The number of hydrogen-bond acceptors (Lipinski definition) is 4. The van der Waals surface area contributed by atoms with Gasteiger partial charge in [-0.1, -0.05) is 31.0 Å². The van der Waals surface area contributed by atoms with Gasteiger partial charge in [0.05, 0.1) is 17.9 Å². The Hall–Kier alpha value is -2.93. The lowest BCUT2D eigenvalue weighted by Crippen LogP contribution is -2.51. The van der Waals surface area contributed by atoms with Crippen molar-refractivity contribution in [2.24, 2.45) is 0 Å². The Labute approximate surface area is 196 Å². The summed E-state index contributed by atoms with van der Waals surface area (Å²) in [5.74, 6) is 0.248. The van der Waals surface area contributed by atoms with Crippen molar-refractivity contribution in [1.29, 1.82) is 0 Å². The van der Waals surface area contributed by atoms with Crippen LogP contribution >= 0.6 is 0 Å². The maximum Gasteiger partial charge on any atom is 0.246 e. The summed E-state index contributed by atoms with van der Waals surface area (Å²) in [4.78, 5) is 31.5. The first-order chi connectivity index (χ1) is 16.0. The summed E-state index contributed by atoms with van der Waals surface area (Å²) in [6.07, 6.45) is 8.22. The maximum absolute atomic E-state index is 12.8. The lowest BCUT2D eigenvalue weighted by atomic mass is 10.1. The lowest BCUT2D eigenvalue weighted by Gasteiger charge is -2.34. The van der Waals surface area contributed by atoms with Gasteiger partial charge in [-0.05, 0) is 44.9 Å². The molecule has 2 aliphatic rings. The van der Waals surface area contributed by atoms with Crippen LogP contribution in [0.3, 0.4) is 0 Å². The summed E-state index contributed by atoms with van der Waals surface area (Å²) in [7, 11) is 0. The lowest BCUT2D eigenvalue weighted by molar-refractivity contribution is -0.133. The van der Waals surface area contributed by atoms with Gasteiger partial charge in [-0.25, -0.2) is 4.68 Å². The molecule has 0 saturated carbocycles. The second-order valence-corrected chi connectivity index (χ2v) is 9.06. The average Bonchev–Trinajstić information content (AvgIpc) is 3.01. The van der Waals surface area contributed by atoms with E-state index in [1.165, 1.54) is 12.8 Å². The van der Waals surface area contributed by atoms with Gasteiger partial charge < -0.3 is 9.80 Å². The molecule has 0 aliphatic carbocycles. The van der Waals surface area contributed by atoms with Gasteiger partial charge in [0.2, 0.25) is 11.8 Å². The van der Waals surface area contributed by atoms with Crippen molar-refractivity contribution in [3.8, 4) is 5.69 Å². The third kappa shape index (κ3) is 5.71. The van der Waals surface area contributed by atoms with Crippen molar-refractivity contribution in [2.45, 2.75) is 39.5 Å². The Balaban J connectivity index is 1.30. The Morgan fingerprint density at radius 3 is 2.21 bits per heavy atom. The maximum atomic E-state index is 12.8. The van der Waals surface area contributed by atoms with Crippen LogP contribution in [0.2, 0.25) is 0 Å². The minimum absolute atomic E-state index is 0.0137. The van der Waals surface area contributed by atoms with Crippen molar-refractivity contribution >= 4 is 17.9 Å². The summed E-state index contributed by atoms with van der Waals surface area (Å²) >= 11 is 0. The number of piperazine rings is 1. The van der Waals surface area contributed by atoms with Gasteiger partial charge in [0.1, 0.15) is 0 Å². The minimum atomic E-state index is 0.0137. The van der Waals surface area contributed by atoms with E-state index in [0.717, 1.165) is 61.7 Å². The molecule has 0 spiro atoms. The molecule has 0 unspecified atom stereocenters. The first kappa shape index (κ1) is 23.2. The van der Waals surface area contributed by atoms with Gasteiger partial charge in [-0.3, -0.25) is 14.5 Å². The molecule has 2 fully saturated rings. The number of amides is 2. The van der Waals surface area contributed by atoms with Gasteiger partial charge in [0.25, 0.3) is 0 Å². The van der Waals surface area contributed by atoms with Crippen molar-refractivity contribution < 1.29 is 9.59 Å². The zero-order valence-electron chi connectivity index (χ0n) is 19.9. The molecule has 1 aromatic heterocycles. The monoisotopic (exact) mass is 449 g/mol. The summed E-state index contributed by atoms with van der Waals surface area (Å²) in [6, 6.07) is 10.0. The molecule has 0 atom stereocenters. The highest BCUT2D eigenvalue weighted by atomic mass is 16.2. The second kappa shape index (κ2) is 10.8. The fourth-order valence-corrected chi connectivity index (χ4v) is 4.71. The van der Waals surface area contributed by atoms with Crippen LogP contribution in [-0.4, -0.2) is 82.1 Å². The Bertz CT molecular complexity index is 982. The van der Waals surface area contributed by atoms with E-state index in [9.17, 15) is 9.59 Å². The van der Waals surface area contributed by atoms with Crippen LogP contribution in [0.4, 0.5) is 0 Å². The van der Waals surface area contributed by atoms with Crippen molar-refractivity contribution in [2.75, 3.05) is 45.8 Å². The largest absolute Gasteiger partial charge is 0.342 e. The third-order valence-electron chi connectivity index (χ3n) is 6.74. The number of nitrogens with zero attached hydrogens (tertiary/aromatic N) is 5. The number of rotatable bonds is 5. The summed E-state index contributed by atoms with van der Waals surface area (Å²) in [6.45, 7) is 9.02. The van der Waals surface area contributed by atoms with Gasteiger partial charge in [-0.15, -0.1) is 0 Å². The van der Waals surface area contributed by atoms with Crippen molar-refractivity contribution in [3.63, 3.8) is 0 Å². The van der Waals surface area contributed by atoms with Crippen LogP contribution in [0.1, 0.15) is 42.6 Å². The second-order valence-electron chi connectivity index (χ2n) is 9.06. The molecule has 2 amide bonds. The van der Waals surface area contributed by atoms with Gasteiger partial charge in [-0.2, -0.15) is 5.10 Å². The van der Waals surface area contributed by atoms with Crippen LogP contribution in [-0.2, 0) is 9.59 Å². The molecular formula is C26H35N5O2. The zero-order valence-corrected chi connectivity index (χ0v) is 19.9. The van der Waals surface area contributed by atoms with E-state index in [4.69, 9.17) is 0 Å². The first-order valence-electron chi connectivity index (χ1n) is 12.1. The van der Waals surface area contributed by atoms with Crippen LogP contribution in [0.15, 0.2) is 36.4 Å². The molecule has 3 heterocycles. The SMILES string of the molecule is Cc1nn(-c2ccccc2)c(C)c1/C=C/C(=O)N1CCN(CC(=O)N2CCCCCC2)CC1. The van der Waals surface area contributed by atoms with Crippen LogP contribution in [0.25, 0.3) is 11.8 Å². The number of hydrogen-bond donors (Lipinski definition) is 0. The number of benzene rings is 1. The first-order valence-corrected chi connectivity index (χ1v) is 12.1. The number of carbonyl (C=O) groups excluding carboxylic acids is 2. The number of carbonyl (C=O) groups is 2. The number of likely N-dealkylation sites (tertiary alicyclic amines) is 1. The molecule has 33 heavy (non-hydrogen) atoms. The number of aromatic nitrogens is 2. The fraction of sp³-hybridized carbons (Fsp3) is 0.500. The van der Waals surface area contributed by atoms with Gasteiger partial charge >= 0.3 is 0 Å². The Morgan fingerprint density at radius 2 is 1.55 bits per heavy atom. The molecule has 4 rings (SSSR count). The molecule has 2 aliphatic heterocycles. The summed E-state index contributed by atoms with van der Waals surface area (Å²) in [5, 5.41) is 4.65. The predicted molar refractivity (Wildman–Crippen MR) is 130 cm³/mol. The van der Waals surface area contributed by atoms with E-state index in [-0.39, 0.29) is 11.8 Å². The van der Waals surface area contributed by atoms with Crippen LogP contribution in [0, 0.1) is 13.8 Å². The quantitative estimate of drug-likeness (QED) is 0.659. The highest BCUT2D eigenvalue weighted by Crippen LogP contribution is 2.19. The Kier molecular flexibility index (Phi) is 7.60. The van der Waals surface area contributed by atoms with E-state index in [2.05, 4.69) is 10.00 Å². The average molecular weight is 450 g/mol. The van der Waals surface area contributed by atoms with E-state index < -0.39 is 0 Å². The van der Waals surface area contributed by atoms with Crippen molar-refractivity contribution in [3.05, 3.63) is 53.4 Å². The van der Waals surface area contributed by atoms with E-state index in [0.29, 0.717) is 19.6 Å². The molecule has 0 radical (unpaired) electrons. The molecule has 2 aromatic rings. The Morgan fingerprint density at radius 1 is 0.879 bits per heavy atom. The standard InChI is InChI=1S/C26H35N5O2/c1-21-24(22(2)31(27-21)23-10-6-5-7-11-23)12-13-25(32)30-18-16-28(17-19-30)20-26(33)29-14-8-3-4-9-15-29/h5-7,10-13H,3-4,8-9,14-20H2,1-2H3/b13-12+. The number of aryl methyl sites for hydroxylation is 1. The normalized spacial score (nSPS) is 18.0. The van der Waals surface area contributed by atoms with Gasteiger partial charge in [0.15, 0.2) is 0 Å². The number of para-hydroxylation sites is 1.